The van der Waals surface area contributed by atoms with Crippen LogP contribution in [0.1, 0.15) is 15.9 Å². The third kappa shape index (κ3) is 2.95. The number of pyridine rings is 1. The van der Waals surface area contributed by atoms with Crippen molar-refractivity contribution in [2.24, 2.45) is 0 Å². The maximum Gasteiger partial charge on any atom is 0.341 e. The first-order chi connectivity index (χ1) is 8.97. The predicted molar refractivity (Wildman–Crippen MR) is 71.9 cm³/mol. The number of carboxylic acid groups (broad SMARTS) is 1. The quantitative estimate of drug-likeness (QED) is 0.901. The van der Waals surface area contributed by atoms with E-state index in [0.717, 1.165) is 5.56 Å². The maximum atomic E-state index is 11.1. The van der Waals surface area contributed by atoms with E-state index in [2.05, 4.69) is 4.98 Å². The number of carboxylic acids is 1. The number of ether oxygens (including phenoxy) is 1. The Morgan fingerprint density at radius 3 is 2.79 bits per heavy atom. The summed E-state index contributed by atoms with van der Waals surface area (Å²) in [4.78, 5) is 15.0. The number of aryl methyl sites for hydroxylation is 1. The molecular weight excluding hydrogens is 268 g/mol. The zero-order chi connectivity index (χ0) is 14.0. The molecule has 1 aromatic heterocycles. The van der Waals surface area contributed by atoms with Gasteiger partial charge in [-0.05, 0) is 30.7 Å². The molecule has 0 spiro atoms. The number of aromatic carboxylic acids is 1. The topological polar surface area (TPSA) is 85.4 Å². The third-order valence-corrected chi connectivity index (χ3v) is 2.69. The highest BCUT2D eigenvalue weighted by Crippen LogP contribution is 2.31. The monoisotopic (exact) mass is 278 g/mol. The Kier molecular flexibility index (Phi) is 3.57. The Bertz CT molecular complexity index is 644. The lowest BCUT2D eigenvalue weighted by Crippen LogP contribution is -2.03. The number of hydrogen-bond donors (Lipinski definition) is 2. The van der Waals surface area contributed by atoms with Crippen molar-refractivity contribution in [1.82, 2.24) is 4.98 Å². The molecule has 0 saturated carbocycles. The van der Waals surface area contributed by atoms with Gasteiger partial charge in [0, 0.05) is 0 Å². The highest BCUT2D eigenvalue weighted by atomic mass is 35.5. The van der Waals surface area contributed by atoms with Crippen LogP contribution in [0, 0.1) is 6.92 Å². The van der Waals surface area contributed by atoms with Gasteiger partial charge in [0.2, 0.25) is 5.88 Å². The van der Waals surface area contributed by atoms with Crippen molar-refractivity contribution in [1.29, 1.82) is 0 Å². The molecule has 0 fully saturated rings. The SMILES string of the molecule is Cc1ccc(Oc2ncc(N)cc2C(=O)O)c(Cl)c1. The predicted octanol–water partition coefficient (Wildman–Crippen LogP) is 3.12. The summed E-state index contributed by atoms with van der Waals surface area (Å²) in [7, 11) is 0. The van der Waals surface area contributed by atoms with Gasteiger partial charge in [-0.3, -0.25) is 0 Å². The molecule has 1 heterocycles. The first-order valence-corrected chi connectivity index (χ1v) is 5.78. The van der Waals surface area contributed by atoms with Crippen LogP contribution in [0.2, 0.25) is 5.02 Å². The summed E-state index contributed by atoms with van der Waals surface area (Å²) < 4.78 is 5.43. The van der Waals surface area contributed by atoms with E-state index in [-0.39, 0.29) is 17.1 Å². The minimum absolute atomic E-state index is 0.0487. The summed E-state index contributed by atoms with van der Waals surface area (Å²) in [5.74, 6) is -0.877. The van der Waals surface area contributed by atoms with Gasteiger partial charge in [-0.2, -0.15) is 0 Å². The lowest BCUT2D eigenvalue weighted by molar-refractivity contribution is 0.0693. The second-order valence-electron chi connectivity index (χ2n) is 3.96. The number of nitrogens with zero attached hydrogens (tertiary/aromatic N) is 1. The Morgan fingerprint density at radius 2 is 2.16 bits per heavy atom. The number of nitrogen functional groups attached to an aromatic ring is 1. The molecule has 5 nitrogen and oxygen atoms in total. The fourth-order valence-corrected chi connectivity index (χ4v) is 1.77. The van der Waals surface area contributed by atoms with Crippen LogP contribution in [0.15, 0.2) is 30.5 Å². The molecule has 98 valence electrons. The van der Waals surface area contributed by atoms with E-state index >= 15 is 0 Å². The van der Waals surface area contributed by atoms with Crippen molar-refractivity contribution in [3.05, 3.63) is 46.6 Å². The number of anilines is 1. The molecule has 0 aliphatic heterocycles. The smallest absolute Gasteiger partial charge is 0.341 e. The van der Waals surface area contributed by atoms with Crippen LogP contribution in [0.5, 0.6) is 11.6 Å². The van der Waals surface area contributed by atoms with Crippen LogP contribution in [0.3, 0.4) is 0 Å². The Labute approximate surface area is 114 Å². The summed E-state index contributed by atoms with van der Waals surface area (Å²) in [6.45, 7) is 1.89. The molecule has 1 aromatic carbocycles. The summed E-state index contributed by atoms with van der Waals surface area (Å²) >= 11 is 6.02. The van der Waals surface area contributed by atoms with Crippen LogP contribution in [0.4, 0.5) is 5.69 Å². The molecule has 2 aromatic rings. The van der Waals surface area contributed by atoms with Gasteiger partial charge in [-0.1, -0.05) is 17.7 Å². The van der Waals surface area contributed by atoms with Crippen molar-refractivity contribution in [3.8, 4) is 11.6 Å². The molecule has 2 rings (SSSR count). The van der Waals surface area contributed by atoms with Crippen LogP contribution < -0.4 is 10.5 Å². The van der Waals surface area contributed by atoms with Gasteiger partial charge >= 0.3 is 5.97 Å². The van der Waals surface area contributed by atoms with Crippen molar-refractivity contribution in [2.45, 2.75) is 6.92 Å². The second-order valence-corrected chi connectivity index (χ2v) is 4.37. The lowest BCUT2D eigenvalue weighted by Gasteiger charge is -2.09. The molecule has 0 radical (unpaired) electrons. The van der Waals surface area contributed by atoms with Crippen molar-refractivity contribution >= 4 is 23.3 Å². The number of rotatable bonds is 3. The molecule has 0 aliphatic rings. The Hall–Kier alpha value is -2.27. The normalized spacial score (nSPS) is 10.2. The van der Waals surface area contributed by atoms with Gasteiger partial charge in [0.25, 0.3) is 0 Å². The summed E-state index contributed by atoms with van der Waals surface area (Å²) in [5.41, 5.74) is 6.61. The minimum Gasteiger partial charge on any atom is -0.477 e. The summed E-state index contributed by atoms with van der Waals surface area (Å²) in [6.07, 6.45) is 1.32. The van der Waals surface area contributed by atoms with E-state index in [1.54, 1.807) is 18.2 Å². The fourth-order valence-electron chi connectivity index (χ4n) is 1.50. The number of benzene rings is 1. The molecule has 0 atom stereocenters. The number of nitrogens with two attached hydrogens (primary N) is 1. The molecular formula is C13H11ClN2O3. The van der Waals surface area contributed by atoms with Gasteiger partial charge in [0.1, 0.15) is 11.3 Å². The van der Waals surface area contributed by atoms with Gasteiger partial charge in [0.05, 0.1) is 16.9 Å². The minimum atomic E-state index is -1.17. The first kappa shape index (κ1) is 13.2. The second kappa shape index (κ2) is 5.16. The Balaban J connectivity index is 2.40. The zero-order valence-corrected chi connectivity index (χ0v) is 10.8. The number of halogens is 1. The van der Waals surface area contributed by atoms with Crippen LogP contribution >= 0.6 is 11.6 Å². The maximum absolute atomic E-state index is 11.1. The fraction of sp³-hybridized carbons (Fsp3) is 0.0769. The van der Waals surface area contributed by atoms with Gasteiger partial charge in [-0.15, -0.1) is 0 Å². The van der Waals surface area contributed by atoms with E-state index in [1.807, 2.05) is 6.92 Å². The van der Waals surface area contributed by atoms with Crippen molar-refractivity contribution in [2.75, 3.05) is 5.73 Å². The number of hydrogen-bond acceptors (Lipinski definition) is 4. The molecule has 0 saturated heterocycles. The molecule has 19 heavy (non-hydrogen) atoms. The highest BCUT2D eigenvalue weighted by Gasteiger charge is 2.15. The summed E-state index contributed by atoms with van der Waals surface area (Å²) in [6, 6.07) is 6.46. The van der Waals surface area contributed by atoms with Gasteiger partial charge < -0.3 is 15.6 Å². The van der Waals surface area contributed by atoms with Gasteiger partial charge in [-0.25, -0.2) is 9.78 Å². The number of carbonyl (C=O) groups is 1. The lowest BCUT2D eigenvalue weighted by atomic mass is 10.2. The van der Waals surface area contributed by atoms with Gasteiger partial charge in [0.15, 0.2) is 0 Å². The van der Waals surface area contributed by atoms with E-state index in [0.29, 0.717) is 10.8 Å². The molecule has 0 amide bonds. The molecule has 6 heteroatoms. The molecule has 0 unspecified atom stereocenters. The van der Waals surface area contributed by atoms with Crippen LogP contribution in [0.25, 0.3) is 0 Å². The van der Waals surface area contributed by atoms with Crippen molar-refractivity contribution in [3.63, 3.8) is 0 Å². The van der Waals surface area contributed by atoms with E-state index in [1.165, 1.54) is 12.3 Å². The zero-order valence-electron chi connectivity index (χ0n) is 10.1. The average Bonchev–Trinajstić information content (AvgIpc) is 2.34. The third-order valence-electron chi connectivity index (χ3n) is 2.40. The molecule has 0 bridgehead atoms. The highest BCUT2D eigenvalue weighted by molar-refractivity contribution is 6.32. The first-order valence-electron chi connectivity index (χ1n) is 5.40. The van der Waals surface area contributed by atoms with E-state index < -0.39 is 5.97 Å². The summed E-state index contributed by atoms with van der Waals surface area (Å²) in [5, 5.41) is 9.46. The van der Waals surface area contributed by atoms with Crippen LogP contribution in [-0.2, 0) is 0 Å². The largest absolute Gasteiger partial charge is 0.477 e. The standard InChI is InChI=1S/C13H11ClN2O3/c1-7-2-3-11(10(14)4-7)19-12-9(13(17)18)5-8(15)6-16-12/h2-6H,15H2,1H3,(H,17,18). The van der Waals surface area contributed by atoms with Crippen molar-refractivity contribution < 1.29 is 14.6 Å². The Morgan fingerprint density at radius 1 is 1.42 bits per heavy atom. The molecule has 0 aliphatic carbocycles. The van der Waals surface area contributed by atoms with Crippen LogP contribution in [-0.4, -0.2) is 16.1 Å². The van der Waals surface area contributed by atoms with E-state index in [9.17, 15) is 4.79 Å². The average molecular weight is 279 g/mol. The number of aromatic nitrogens is 1. The molecule has 3 N–H and O–H groups in total. The van der Waals surface area contributed by atoms with E-state index in [4.69, 9.17) is 27.2 Å².